The summed E-state index contributed by atoms with van der Waals surface area (Å²) < 4.78 is 11.2. The Balaban J connectivity index is 1.50. The van der Waals surface area contributed by atoms with Crippen LogP contribution in [0.2, 0.25) is 0 Å². The van der Waals surface area contributed by atoms with Crippen LogP contribution in [-0.2, 0) is 4.79 Å². The second-order valence-corrected chi connectivity index (χ2v) is 6.14. The summed E-state index contributed by atoms with van der Waals surface area (Å²) in [5.41, 5.74) is 8.41. The highest BCUT2D eigenvalue weighted by Crippen LogP contribution is 2.30. The van der Waals surface area contributed by atoms with E-state index in [1.807, 2.05) is 44.2 Å². The predicted octanol–water partition coefficient (Wildman–Crippen LogP) is 2.46. The van der Waals surface area contributed by atoms with Crippen molar-refractivity contribution in [2.24, 2.45) is 0 Å². The van der Waals surface area contributed by atoms with Gasteiger partial charge in [0, 0.05) is 5.69 Å². The Morgan fingerprint density at radius 1 is 1.08 bits per heavy atom. The minimum absolute atomic E-state index is 0.141. The van der Waals surface area contributed by atoms with E-state index in [1.165, 1.54) is 5.56 Å². The Morgan fingerprint density at radius 2 is 1.84 bits per heavy atom. The standard InChI is InChI=1S/C18H19N3O3S/c1-11-7-8-13(9-12(11)2)19-18(25)21-20-17(22)16-10-23-14-5-3-4-6-15(14)24-16/h3-9,16H,10H2,1-2H3,(H,20,22)(H2,19,21,25). The number of hydrazine groups is 1. The number of anilines is 1. The van der Waals surface area contributed by atoms with Crippen LogP contribution in [-0.4, -0.2) is 23.7 Å². The third-order valence-corrected chi connectivity index (χ3v) is 4.07. The summed E-state index contributed by atoms with van der Waals surface area (Å²) in [5, 5.41) is 3.30. The van der Waals surface area contributed by atoms with Crippen LogP contribution in [0.15, 0.2) is 42.5 Å². The molecule has 1 amide bonds. The van der Waals surface area contributed by atoms with Gasteiger partial charge in [0.2, 0.25) is 6.10 Å². The minimum Gasteiger partial charge on any atom is -0.485 e. The average molecular weight is 357 g/mol. The second-order valence-electron chi connectivity index (χ2n) is 5.73. The van der Waals surface area contributed by atoms with Crippen molar-refractivity contribution in [3.8, 4) is 11.5 Å². The molecule has 2 aromatic rings. The molecule has 0 aliphatic carbocycles. The van der Waals surface area contributed by atoms with E-state index in [1.54, 1.807) is 12.1 Å². The van der Waals surface area contributed by atoms with Crippen molar-refractivity contribution in [1.29, 1.82) is 0 Å². The van der Waals surface area contributed by atoms with Gasteiger partial charge in [-0.1, -0.05) is 18.2 Å². The van der Waals surface area contributed by atoms with Crippen molar-refractivity contribution in [3.63, 3.8) is 0 Å². The Bertz CT molecular complexity index is 810. The van der Waals surface area contributed by atoms with Crippen LogP contribution in [0, 0.1) is 13.8 Å². The topological polar surface area (TPSA) is 71.6 Å². The quantitative estimate of drug-likeness (QED) is 0.567. The van der Waals surface area contributed by atoms with Crippen LogP contribution in [0.1, 0.15) is 11.1 Å². The van der Waals surface area contributed by atoms with Gasteiger partial charge in [0.15, 0.2) is 16.6 Å². The zero-order valence-corrected chi connectivity index (χ0v) is 14.8. The number of nitrogens with one attached hydrogen (secondary N) is 3. The van der Waals surface area contributed by atoms with Crippen molar-refractivity contribution in [1.82, 2.24) is 10.9 Å². The van der Waals surface area contributed by atoms with Gasteiger partial charge in [-0.2, -0.15) is 0 Å². The van der Waals surface area contributed by atoms with Crippen LogP contribution in [0.4, 0.5) is 5.69 Å². The summed E-state index contributed by atoms with van der Waals surface area (Å²) in [6, 6.07) is 13.1. The summed E-state index contributed by atoms with van der Waals surface area (Å²) in [6.45, 7) is 4.21. The molecule has 0 saturated heterocycles. The van der Waals surface area contributed by atoms with Crippen molar-refractivity contribution < 1.29 is 14.3 Å². The van der Waals surface area contributed by atoms with E-state index >= 15 is 0 Å². The number of hydrogen-bond donors (Lipinski definition) is 3. The average Bonchev–Trinajstić information content (AvgIpc) is 2.62. The van der Waals surface area contributed by atoms with E-state index < -0.39 is 6.10 Å². The maximum Gasteiger partial charge on any atom is 0.283 e. The molecule has 7 heteroatoms. The molecular formula is C18H19N3O3S. The molecule has 0 aromatic heterocycles. The third kappa shape index (κ3) is 4.19. The first-order valence-electron chi connectivity index (χ1n) is 7.85. The molecule has 0 radical (unpaired) electrons. The number of carbonyl (C=O) groups excluding carboxylic acids is 1. The first-order valence-corrected chi connectivity index (χ1v) is 8.26. The van der Waals surface area contributed by atoms with Crippen LogP contribution < -0.4 is 25.6 Å². The zero-order chi connectivity index (χ0) is 17.8. The first kappa shape index (κ1) is 17.0. The van der Waals surface area contributed by atoms with E-state index in [4.69, 9.17) is 21.7 Å². The van der Waals surface area contributed by atoms with Crippen molar-refractivity contribution in [2.45, 2.75) is 20.0 Å². The van der Waals surface area contributed by atoms with Gasteiger partial charge >= 0.3 is 0 Å². The lowest BCUT2D eigenvalue weighted by molar-refractivity contribution is -0.130. The predicted molar refractivity (Wildman–Crippen MR) is 99.8 cm³/mol. The van der Waals surface area contributed by atoms with Gasteiger partial charge in [-0.05, 0) is 61.5 Å². The highest BCUT2D eigenvalue weighted by atomic mass is 32.1. The van der Waals surface area contributed by atoms with E-state index in [2.05, 4.69) is 16.2 Å². The lowest BCUT2D eigenvalue weighted by Crippen LogP contribution is -2.51. The fourth-order valence-electron chi connectivity index (χ4n) is 2.33. The Morgan fingerprint density at radius 3 is 2.60 bits per heavy atom. The van der Waals surface area contributed by atoms with Gasteiger partial charge < -0.3 is 14.8 Å². The summed E-state index contributed by atoms with van der Waals surface area (Å²) in [6.07, 6.45) is -0.744. The van der Waals surface area contributed by atoms with Gasteiger partial charge in [0.1, 0.15) is 6.61 Å². The lowest BCUT2D eigenvalue weighted by Gasteiger charge is -2.25. The first-order chi connectivity index (χ1) is 12.0. The molecule has 25 heavy (non-hydrogen) atoms. The van der Waals surface area contributed by atoms with Crippen LogP contribution in [0.5, 0.6) is 11.5 Å². The summed E-state index contributed by atoms with van der Waals surface area (Å²) in [4.78, 5) is 12.2. The van der Waals surface area contributed by atoms with Crippen LogP contribution >= 0.6 is 12.2 Å². The second kappa shape index (κ2) is 7.40. The normalized spacial score (nSPS) is 15.2. The monoisotopic (exact) mass is 357 g/mol. The number of hydrogen-bond acceptors (Lipinski definition) is 4. The number of para-hydroxylation sites is 2. The van der Waals surface area contributed by atoms with E-state index in [-0.39, 0.29) is 17.6 Å². The number of amides is 1. The number of thiocarbonyl (C=S) groups is 1. The molecule has 1 atom stereocenters. The lowest BCUT2D eigenvalue weighted by atomic mass is 10.1. The van der Waals surface area contributed by atoms with Gasteiger partial charge in [0.05, 0.1) is 0 Å². The Labute approximate surface area is 151 Å². The molecule has 2 aromatic carbocycles. The summed E-state index contributed by atoms with van der Waals surface area (Å²) in [7, 11) is 0. The SMILES string of the molecule is Cc1ccc(NC(=S)NNC(=O)C2COc3ccccc3O2)cc1C. The molecule has 3 N–H and O–H groups in total. The molecule has 0 spiro atoms. The minimum atomic E-state index is -0.744. The molecule has 3 rings (SSSR count). The van der Waals surface area contributed by atoms with Gasteiger partial charge in [-0.3, -0.25) is 15.6 Å². The summed E-state index contributed by atoms with van der Waals surface area (Å²) in [5.74, 6) is 0.815. The Hall–Kier alpha value is -2.80. The third-order valence-electron chi connectivity index (χ3n) is 3.87. The highest BCUT2D eigenvalue weighted by Gasteiger charge is 2.27. The number of rotatable bonds is 2. The Kier molecular flexibility index (Phi) is 5.04. The van der Waals surface area contributed by atoms with Gasteiger partial charge in [-0.15, -0.1) is 0 Å². The molecule has 0 fully saturated rings. The number of carbonyl (C=O) groups is 1. The van der Waals surface area contributed by atoms with Crippen molar-refractivity contribution in [2.75, 3.05) is 11.9 Å². The molecule has 1 unspecified atom stereocenters. The van der Waals surface area contributed by atoms with Crippen molar-refractivity contribution >= 4 is 28.9 Å². The fourth-order valence-corrected chi connectivity index (χ4v) is 2.50. The molecule has 0 bridgehead atoms. The number of fused-ring (bicyclic) bond motifs is 1. The van der Waals surface area contributed by atoms with Crippen LogP contribution in [0.3, 0.4) is 0 Å². The van der Waals surface area contributed by atoms with E-state index in [9.17, 15) is 4.79 Å². The van der Waals surface area contributed by atoms with Crippen LogP contribution in [0.25, 0.3) is 0 Å². The van der Waals surface area contributed by atoms with Gasteiger partial charge in [-0.25, -0.2) is 0 Å². The molecular weight excluding hydrogens is 338 g/mol. The number of aryl methyl sites for hydroxylation is 2. The fraction of sp³-hybridized carbons (Fsp3) is 0.222. The van der Waals surface area contributed by atoms with Gasteiger partial charge in [0.25, 0.3) is 5.91 Å². The summed E-state index contributed by atoms with van der Waals surface area (Å²) >= 11 is 5.19. The maximum atomic E-state index is 12.2. The molecule has 0 saturated carbocycles. The van der Waals surface area contributed by atoms with E-state index in [0.29, 0.717) is 11.5 Å². The molecule has 1 aliphatic heterocycles. The zero-order valence-electron chi connectivity index (χ0n) is 14.0. The molecule has 1 aliphatic rings. The molecule has 1 heterocycles. The smallest absolute Gasteiger partial charge is 0.283 e. The highest BCUT2D eigenvalue weighted by molar-refractivity contribution is 7.80. The maximum absolute atomic E-state index is 12.2. The molecule has 130 valence electrons. The number of ether oxygens (including phenoxy) is 2. The number of benzene rings is 2. The largest absolute Gasteiger partial charge is 0.485 e. The van der Waals surface area contributed by atoms with E-state index in [0.717, 1.165) is 11.3 Å². The van der Waals surface area contributed by atoms with Crippen molar-refractivity contribution in [3.05, 3.63) is 53.6 Å². The molecule has 6 nitrogen and oxygen atoms in total.